The molecule has 2 fully saturated rings. The van der Waals surface area contributed by atoms with Gasteiger partial charge in [-0.1, -0.05) is 42.5 Å². The second-order valence-corrected chi connectivity index (χ2v) is 8.24. The van der Waals surface area contributed by atoms with Gasteiger partial charge >= 0.3 is 6.03 Å². The summed E-state index contributed by atoms with van der Waals surface area (Å²) < 4.78 is 6.18. The number of amides is 3. The van der Waals surface area contributed by atoms with Crippen LogP contribution in [0.3, 0.4) is 0 Å². The fraction of sp³-hybridized carbons (Fsp3) is 0.391. The Morgan fingerprint density at radius 2 is 1.76 bits per heavy atom. The number of imide groups is 1. The molecule has 3 amide bonds. The Hall–Kier alpha value is -2.86. The van der Waals surface area contributed by atoms with Crippen molar-refractivity contribution in [1.82, 2.24) is 10.2 Å². The van der Waals surface area contributed by atoms with E-state index < -0.39 is 0 Å². The van der Waals surface area contributed by atoms with E-state index in [4.69, 9.17) is 4.74 Å². The smallest absolute Gasteiger partial charge is 0.328 e. The summed E-state index contributed by atoms with van der Waals surface area (Å²) in [6.45, 7) is 4.09. The Labute approximate surface area is 170 Å². The van der Waals surface area contributed by atoms with Crippen LogP contribution < -0.4 is 15.0 Å². The normalized spacial score (nSPS) is 21.0. The number of carbonyl (C=O) groups is 2. The van der Waals surface area contributed by atoms with Gasteiger partial charge in [0, 0.05) is 30.5 Å². The SMILES string of the molecule is O=C1CCN(c2cccc3c2OCC32CCN(Cc3ccccc3)CC2)C(=O)N1. The third-order valence-electron chi connectivity index (χ3n) is 6.47. The number of hydrogen-bond donors (Lipinski definition) is 1. The van der Waals surface area contributed by atoms with Gasteiger partial charge in [0.2, 0.25) is 5.91 Å². The highest BCUT2D eigenvalue weighted by Gasteiger charge is 2.44. The molecule has 0 saturated carbocycles. The van der Waals surface area contributed by atoms with Gasteiger partial charge in [-0.15, -0.1) is 0 Å². The van der Waals surface area contributed by atoms with E-state index >= 15 is 0 Å². The van der Waals surface area contributed by atoms with E-state index in [0.29, 0.717) is 19.6 Å². The van der Waals surface area contributed by atoms with Crippen molar-refractivity contribution in [3.8, 4) is 5.75 Å². The van der Waals surface area contributed by atoms with Crippen molar-refractivity contribution < 1.29 is 14.3 Å². The molecule has 6 nitrogen and oxygen atoms in total. The van der Waals surface area contributed by atoms with Crippen LogP contribution in [0.1, 0.15) is 30.4 Å². The number of hydrogen-bond acceptors (Lipinski definition) is 4. The Bertz CT molecular complexity index is 936. The number of nitrogens with zero attached hydrogens (tertiary/aromatic N) is 2. The zero-order valence-electron chi connectivity index (χ0n) is 16.4. The summed E-state index contributed by atoms with van der Waals surface area (Å²) in [6.07, 6.45) is 2.40. The lowest BCUT2D eigenvalue weighted by atomic mass is 9.74. The Balaban J connectivity index is 1.34. The predicted molar refractivity (Wildman–Crippen MR) is 110 cm³/mol. The Morgan fingerprint density at radius 1 is 0.966 bits per heavy atom. The van der Waals surface area contributed by atoms with Crippen LogP contribution in [-0.4, -0.2) is 43.1 Å². The van der Waals surface area contributed by atoms with E-state index in [9.17, 15) is 9.59 Å². The van der Waals surface area contributed by atoms with Gasteiger partial charge in [0.1, 0.15) is 5.75 Å². The highest BCUT2D eigenvalue weighted by Crippen LogP contribution is 2.49. The average Bonchev–Trinajstić information content (AvgIpc) is 3.09. The molecule has 0 aromatic heterocycles. The molecule has 0 radical (unpaired) electrons. The highest BCUT2D eigenvalue weighted by molar-refractivity contribution is 6.06. The molecule has 29 heavy (non-hydrogen) atoms. The number of urea groups is 1. The lowest BCUT2D eigenvalue weighted by Gasteiger charge is -2.38. The molecule has 2 saturated heterocycles. The van der Waals surface area contributed by atoms with E-state index in [1.165, 1.54) is 11.1 Å². The first-order valence-corrected chi connectivity index (χ1v) is 10.3. The second kappa shape index (κ2) is 7.19. The first-order chi connectivity index (χ1) is 14.1. The predicted octanol–water partition coefficient (Wildman–Crippen LogP) is 3.06. The molecule has 150 valence electrons. The van der Waals surface area contributed by atoms with Crippen LogP contribution in [-0.2, 0) is 16.8 Å². The molecular formula is C23H25N3O3. The molecule has 2 aromatic rings. The second-order valence-electron chi connectivity index (χ2n) is 8.24. The average molecular weight is 391 g/mol. The number of para-hydroxylation sites is 1. The van der Waals surface area contributed by atoms with Crippen molar-refractivity contribution in [2.45, 2.75) is 31.2 Å². The van der Waals surface area contributed by atoms with Crippen molar-refractivity contribution in [2.75, 3.05) is 31.1 Å². The van der Waals surface area contributed by atoms with Gasteiger partial charge in [0.15, 0.2) is 0 Å². The van der Waals surface area contributed by atoms with Crippen molar-refractivity contribution in [3.63, 3.8) is 0 Å². The van der Waals surface area contributed by atoms with E-state index in [2.05, 4.69) is 46.6 Å². The fourth-order valence-corrected chi connectivity index (χ4v) is 4.78. The van der Waals surface area contributed by atoms with Crippen molar-refractivity contribution in [2.24, 2.45) is 0 Å². The topological polar surface area (TPSA) is 61.9 Å². The number of piperidine rings is 1. The summed E-state index contributed by atoms with van der Waals surface area (Å²) in [5.41, 5.74) is 3.34. The van der Waals surface area contributed by atoms with Crippen molar-refractivity contribution in [3.05, 3.63) is 59.7 Å². The van der Waals surface area contributed by atoms with Gasteiger partial charge in [-0.2, -0.15) is 0 Å². The maximum atomic E-state index is 12.3. The van der Waals surface area contributed by atoms with E-state index in [0.717, 1.165) is 43.9 Å². The molecule has 3 aliphatic heterocycles. The summed E-state index contributed by atoms with van der Waals surface area (Å²) in [7, 11) is 0. The number of nitrogens with one attached hydrogen (secondary N) is 1. The third-order valence-corrected chi connectivity index (χ3v) is 6.47. The first-order valence-electron chi connectivity index (χ1n) is 10.3. The van der Waals surface area contributed by atoms with Crippen LogP contribution in [0, 0.1) is 0 Å². The highest BCUT2D eigenvalue weighted by atomic mass is 16.5. The number of benzene rings is 2. The molecule has 2 aromatic carbocycles. The van der Waals surface area contributed by atoms with E-state index in [-0.39, 0.29) is 17.4 Å². The van der Waals surface area contributed by atoms with E-state index in [1.54, 1.807) is 4.90 Å². The quantitative estimate of drug-likeness (QED) is 0.874. The van der Waals surface area contributed by atoms with E-state index in [1.807, 2.05) is 12.1 Å². The van der Waals surface area contributed by atoms with Crippen LogP contribution in [0.4, 0.5) is 10.5 Å². The van der Waals surface area contributed by atoms with Crippen LogP contribution in [0.5, 0.6) is 5.75 Å². The minimum Gasteiger partial charge on any atom is -0.490 e. The Morgan fingerprint density at radius 3 is 2.52 bits per heavy atom. The lowest BCUT2D eigenvalue weighted by Crippen LogP contribution is -2.49. The number of anilines is 1. The first kappa shape index (κ1) is 18.2. The third kappa shape index (κ3) is 3.27. The summed E-state index contributed by atoms with van der Waals surface area (Å²) >= 11 is 0. The monoisotopic (exact) mass is 391 g/mol. The number of carbonyl (C=O) groups excluding carboxylic acids is 2. The van der Waals surface area contributed by atoms with Crippen LogP contribution >= 0.6 is 0 Å². The molecule has 6 heteroatoms. The zero-order valence-corrected chi connectivity index (χ0v) is 16.4. The molecule has 0 aliphatic carbocycles. The molecule has 3 aliphatic rings. The maximum absolute atomic E-state index is 12.3. The van der Waals surface area contributed by atoms with Gasteiger partial charge in [-0.3, -0.25) is 19.9 Å². The minimum absolute atomic E-state index is 0.0145. The van der Waals surface area contributed by atoms with Crippen molar-refractivity contribution >= 4 is 17.6 Å². The Kier molecular flexibility index (Phi) is 4.51. The van der Waals surface area contributed by atoms with Gasteiger partial charge in [0.25, 0.3) is 0 Å². The fourth-order valence-electron chi connectivity index (χ4n) is 4.78. The van der Waals surface area contributed by atoms with Gasteiger partial charge in [-0.05, 0) is 37.6 Å². The van der Waals surface area contributed by atoms with Crippen LogP contribution in [0.15, 0.2) is 48.5 Å². The summed E-state index contributed by atoms with van der Waals surface area (Å²) in [5.74, 6) is 0.593. The summed E-state index contributed by atoms with van der Waals surface area (Å²) in [5, 5.41) is 2.40. The number of ether oxygens (including phenoxy) is 1. The molecule has 5 rings (SSSR count). The molecule has 0 bridgehead atoms. The maximum Gasteiger partial charge on any atom is 0.328 e. The number of rotatable bonds is 3. The van der Waals surface area contributed by atoms with Gasteiger partial charge in [-0.25, -0.2) is 4.79 Å². The van der Waals surface area contributed by atoms with Crippen LogP contribution in [0.25, 0.3) is 0 Å². The van der Waals surface area contributed by atoms with Crippen LogP contribution in [0.2, 0.25) is 0 Å². The summed E-state index contributed by atoms with van der Waals surface area (Å²) in [4.78, 5) is 27.9. The minimum atomic E-state index is -0.364. The molecule has 0 unspecified atom stereocenters. The van der Waals surface area contributed by atoms with Gasteiger partial charge in [0.05, 0.1) is 12.3 Å². The lowest BCUT2D eigenvalue weighted by molar-refractivity contribution is -0.120. The molecule has 1 spiro atoms. The summed E-state index contributed by atoms with van der Waals surface area (Å²) in [6, 6.07) is 16.3. The largest absolute Gasteiger partial charge is 0.490 e. The zero-order chi connectivity index (χ0) is 19.8. The standard InChI is InChI=1S/C23H25N3O3/c27-20-9-12-26(22(28)24-20)19-8-4-7-18-21(19)29-16-23(18)10-13-25(14-11-23)15-17-5-2-1-3-6-17/h1-8H,9-16H2,(H,24,27,28). The molecule has 3 heterocycles. The number of likely N-dealkylation sites (tertiary alicyclic amines) is 1. The molecule has 0 atom stereocenters. The molecule has 1 N–H and O–H groups in total. The van der Waals surface area contributed by atoms with Crippen molar-refractivity contribution in [1.29, 1.82) is 0 Å². The molecular weight excluding hydrogens is 366 g/mol. The number of fused-ring (bicyclic) bond motifs is 2. The van der Waals surface area contributed by atoms with Gasteiger partial charge < -0.3 is 4.74 Å².